The summed E-state index contributed by atoms with van der Waals surface area (Å²) >= 11 is 0.773. The molecule has 0 aliphatic carbocycles. The average Bonchev–Trinajstić information content (AvgIpc) is 2.15. The first kappa shape index (κ1) is 8.80. The molecule has 0 atom stereocenters. The predicted octanol–water partition coefficient (Wildman–Crippen LogP) is 1.22. The van der Waals surface area contributed by atoms with Crippen LogP contribution in [0.1, 0.15) is 10.4 Å². The molecule has 0 aromatic heterocycles. The van der Waals surface area contributed by atoms with Crippen molar-refractivity contribution in [1.29, 1.82) is 0 Å². The zero-order chi connectivity index (χ0) is 8.81. The topological polar surface area (TPSA) is 46.2 Å². The highest BCUT2D eigenvalue weighted by Gasteiger charge is 2.03. The third-order valence-electron chi connectivity index (χ3n) is 1.21. The molecule has 1 aromatic rings. The van der Waals surface area contributed by atoms with Crippen molar-refractivity contribution in [2.45, 2.75) is 0 Å². The van der Waals surface area contributed by atoms with E-state index in [0.29, 0.717) is 12.0 Å². The third-order valence-corrected chi connectivity index (χ3v) is 1.84. The van der Waals surface area contributed by atoms with E-state index in [1.165, 1.54) is 0 Å². The third kappa shape index (κ3) is 2.39. The van der Waals surface area contributed by atoms with Crippen molar-refractivity contribution in [2.75, 3.05) is 0 Å². The van der Waals surface area contributed by atoms with E-state index in [4.69, 9.17) is 0 Å². The molecule has 3 nitrogen and oxygen atoms in total. The van der Waals surface area contributed by atoms with Gasteiger partial charge in [0.15, 0.2) is 0 Å². The number of benzene rings is 1. The first-order chi connectivity index (χ1) is 5.84. The van der Waals surface area contributed by atoms with Crippen molar-refractivity contribution in [3.05, 3.63) is 35.9 Å². The van der Waals surface area contributed by atoms with Crippen LogP contribution in [0.3, 0.4) is 0 Å². The summed E-state index contributed by atoms with van der Waals surface area (Å²) in [4.78, 5) is 21.0. The molecule has 0 saturated heterocycles. The molecular formula is C8H7NO2S. The highest BCUT2D eigenvalue weighted by Crippen LogP contribution is 2.07. The van der Waals surface area contributed by atoms with Gasteiger partial charge in [-0.3, -0.25) is 14.3 Å². The van der Waals surface area contributed by atoms with Gasteiger partial charge in [-0.05, 0) is 0 Å². The van der Waals surface area contributed by atoms with Crippen molar-refractivity contribution in [3.63, 3.8) is 0 Å². The van der Waals surface area contributed by atoms with Crippen LogP contribution in [0.4, 0.5) is 0 Å². The zero-order valence-corrected chi connectivity index (χ0v) is 7.01. The predicted molar refractivity (Wildman–Crippen MR) is 47.6 cm³/mol. The maximum atomic E-state index is 11.1. The molecule has 12 heavy (non-hydrogen) atoms. The van der Waals surface area contributed by atoms with Crippen LogP contribution in [-0.2, 0) is 4.79 Å². The zero-order valence-electron chi connectivity index (χ0n) is 6.19. The van der Waals surface area contributed by atoms with E-state index < -0.39 is 0 Å². The lowest BCUT2D eigenvalue weighted by Crippen LogP contribution is -2.04. The van der Waals surface area contributed by atoms with Crippen LogP contribution in [0.5, 0.6) is 0 Å². The van der Waals surface area contributed by atoms with E-state index in [2.05, 4.69) is 4.72 Å². The lowest BCUT2D eigenvalue weighted by Gasteiger charge is -1.96. The first-order valence-corrected chi connectivity index (χ1v) is 4.11. The fraction of sp³-hybridized carbons (Fsp3) is 0. The van der Waals surface area contributed by atoms with Gasteiger partial charge in [-0.15, -0.1) is 0 Å². The Kier molecular flexibility index (Phi) is 3.35. The maximum Gasteiger partial charge on any atom is 0.239 e. The molecule has 0 aliphatic heterocycles. The van der Waals surface area contributed by atoms with Gasteiger partial charge in [0.05, 0.1) is 0 Å². The molecule has 0 bridgehead atoms. The van der Waals surface area contributed by atoms with Crippen molar-refractivity contribution >= 4 is 23.5 Å². The van der Waals surface area contributed by atoms with Crippen LogP contribution >= 0.6 is 11.9 Å². The lowest BCUT2D eigenvalue weighted by atomic mass is 10.2. The van der Waals surface area contributed by atoms with E-state index in [1.54, 1.807) is 24.3 Å². The smallest absolute Gasteiger partial charge is 0.239 e. The Hall–Kier alpha value is -1.29. The lowest BCUT2D eigenvalue weighted by molar-refractivity contribution is -0.107. The van der Waals surface area contributed by atoms with Crippen molar-refractivity contribution < 1.29 is 9.59 Å². The van der Waals surface area contributed by atoms with Gasteiger partial charge in [0.1, 0.15) is 0 Å². The number of amides is 1. The van der Waals surface area contributed by atoms with Crippen LogP contribution in [0.15, 0.2) is 30.3 Å². The molecule has 0 aliphatic rings. The second kappa shape index (κ2) is 4.56. The van der Waals surface area contributed by atoms with Gasteiger partial charge in [0.2, 0.25) is 11.5 Å². The van der Waals surface area contributed by atoms with Crippen molar-refractivity contribution in [2.24, 2.45) is 0 Å². The molecule has 4 heteroatoms. The molecule has 0 radical (unpaired) electrons. The van der Waals surface area contributed by atoms with Crippen LogP contribution in [0, 0.1) is 0 Å². The first-order valence-electron chi connectivity index (χ1n) is 3.30. The molecule has 1 rings (SSSR count). The number of carbonyl (C=O) groups is 2. The van der Waals surface area contributed by atoms with Crippen LogP contribution in [0.2, 0.25) is 0 Å². The normalized spacial score (nSPS) is 9.00. The average molecular weight is 181 g/mol. The van der Waals surface area contributed by atoms with E-state index in [1.807, 2.05) is 6.07 Å². The second-order valence-corrected chi connectivity index (χ2v) is 2.80. The number of rotatable bonds is 3. The highest BCUT2D eigenvalue weighted by atomic mass is 32.2. The Balaban J connectivity index is 2.59. The summed E-state index contributed by atoms with van der Waals surface area (Å²) in [5.74, 6) is 0. The molecule has 0 spiro atoms. The quantitative estimate of drug-likeness (QED) is 0.563. The molecule has 1 amide bonds. The van der Waals surface area contributed by atoms with E-state index >= 15 is 0 Å². The summed E-state index contributed by atoms with van der Waals surface area (Å²) in [6.07, 6.45) is 0.478. The molecular weight excluding hydrogens is 174 g/mol. The van der Waals surface area contributed by atoms with Crippen LogP contribution in [0.25, 0.3) is 0 Å². The Morgan fingerprint density at radius 1 is 1.33 bits per heavy atom. The van der Waals surface area contributed by atoms with Gasteiger partial charge in [-0.2, -0.15) is 0 Å². The summed E-state index contributed by atoms with van der Waals surface area (Å²) in [5.41, 5.74) is 0.580. The second-order valence-electron chi connectivity index (χ2n) is 1.99. The number of hydrogen-bond acceptors (Lipinski definition) is 3. The highest BCUT2D eigenvalue weighted by molar-refractivity contribution is 8.12. The van der Waals surface area contributed by atoms with Gasteiger partial charge in [-0.25, -0.2) is 0 Å². The number of nitrogens with one attached hydrogen (secondary N) is 1. The van der Waals surface area contributed by atoms with E-state index in [0.717, 1.165) is 11.9 Å². The molecule has 0 heterocycles. The van der Waals surface area contributed by atoms with Gasteiger partial charge >= 0.3 is 0 Å². The minimum atomic E-state index is -0.164. The monoisotopic (exact) mass is 181 g/mol. The fourth-order valence-corrected chi connectivity index (χ4v) is 1.12. The van der Waals surface area contributed by atoms with Gasteiger partial charge in [0.25, 0.3) is 0 Å². The fourth-order valence-electron chi connectivity index (χ4n) is 0.711. The Morgan fingerprint density at radius 2 is 2.00 bits per heavy atom. The molecule has 1 aromatic carbocycles. The molecule has 0 saturated carbocycles. The van der Waals surface area contributed by atoms with Gasteiger partial charge in [-0.1, -0.05) is 30.3 Å². The summed E-state index contributed by atoms with van der Waals surface area (Å²) in [7, 11) is 0. The summed E-state index contributed by atoms with van der Waals surface area (Å²) in [5, 5.41) is -0.164. The van der Waals surface area contributed by atoms with Crippen molar-refractivity contribution in [3.8, 4) is 0 Å². The minimum Gasteiger partial charge on any atom is -0.296 e. The summed E-state index contributed by atoms with van der Waals surface area (Å²) in [6, 6.07) is 8.77. The molecule has 1 N–H and O–H groups in total. The Labute approximate surface area is 74.3 Å². The molecule has 62 valence electrons. The summed E-state index contributed by atoms with van der Waals surface area (Å²) in [6.45, 7) is 0. The number of carbonyl (C=O) groups excluding carboxylic acids is 2. The molecule has 0 unspecified atom stereocenters. The summed E-state index contributed by atoms with van der Waals surface area (Å²) < 4.78 is 2.23. The molecule has 0 fully saturated rings. The van der Waals surface area contributed by atoms with Crippen LogP contribution < -0.4 is 4.72 Å². The number of hydrogen-bond donors (Lipinski definition) is 1. The van der Waals surface area contributed by atoms with Crippen LogP contribution in [-0.4, -0.2) is 11.5 Å². The minimum absolute atomic E-state index is 0.164. The van der Waals surface area contributed by atoms with Gasteiger partial charge < -0.3 is 0 Å². The Morgan fingerprint density at radius 3 is 2.58 bits per heavy atom. The van der Waals surface area contributed by atoms with Gasteiger partial charge in [0, 0.05) is 17.5 Å². The SMILES string of the molecule is O=CNSC(=O)c1ccccc1. The van der Waals surface area contributed by atoms with E-state index in [9.17, 15) is 9.59 Å². The maximum absolute atomic E-state index is 11.1. The standard InChI is InChI=1S/C8H7NO2S/c10-6-9-12-8(11)7-4-2-1-3-5-7/h1-6H,(H,9,10). The Bertz CT molecular complexity index is 274. The largest absolute Gasteiger partial charge is 0.296 e. The van der Waals surface area contributed by atoms with E-state index in [-0.39, 0.29) is 5.12 Å². The van der Waals surface area contributed by atoms with Crippen molar-refractivity contribution in [1.82, 2.24) is 4.72 Å².